The van der Waals surface area contributed by atoms with Gasteiger partial charge in [-0.05, 0) is 52.1 Å². The summed E-state index contributed by atoms with van der Waals surface area (Å²) in [5.41, 5.74) is -0.251. The van der Waals surface area contributed by atoms with Crippen molar-refractivity contribution >= 4 is 22.0 Å². The first kappa shape index (κ1) is 20.9. The lowest BCUT2D eigenvalue weighted by atomic mass is 10.2. The molecule has 1 rings (SSSR count). The Morgan fingerprint density at radius 1 is 1.16 bits per heavy atom. The molecule has 0 aromatic heterocycles. The number of carbonyl (C=O) groups excluding carboxylic acids is 2. The van der Waals surface area contributed by atoms with Crippen LogP contribution in [-0.4, -0.2) is 58.1 Å². The van der Waals surface area contributed by atoms with Crippen LogP contribution in [0.25, 0.3) is 0 Å². The Hall–Kier alpha value is -2.13. The third-order valence-electron chi connectivity index (χ3n) is 3.13. The third kappa shape index (κ3) is 6.71. The van der Waals surface area contributed by atoms with Crippen LogP contribution in [0.2, 0.25) is 0 Å². The Kier molecular flexibility index (Phi) is 6.95. The van der Waals surface area contributed by atoms with Crippen LogP contribution in [0.5, 0.6) is 0 Å². The predicted octanol–water partition coefficient (Wildman–Crippen LogP) is 1.19. The van der Waals surface area contributed by atoms with Crippen LogP contribution in [0.1, 0.15) is 31.1 Å². The van der Waals surface area contributed by atoms with Gasteiger partial charge < -0.3 is 15.0 Å². The minimum Gasteiger partial charge on any atom is -0.444 e. The van der Waals surface area contributed by atoms with E-state index in [4.69, 9.17) is 4.74 Å². The number of hydrogen-bond donors (Lipinski definition) is 2. The maximum absolute atomic E-state index is 12.0. The molecule has 2 N–H and O–H groups in total. The van der Waals surface area contributed by atoms with Gasteiger partial charge in [-0.15, -0.1) is 0 Å². The Balaban J connectivity index is 2.53. The van der Waals surface area contributed by atoms with Gasteiger partial charge in [-0.25, -0.2) is 17.9 Å². The van der Waals surface area contributed by atoms with Gasteiger partial charge in [0.1, 0.15) is 5.60 Å². The first-order valence-electron chi connectivity index (χ1n) is 7.72. The summed E-state index contributed by atoms with van der Waals surface area (Å²) >= 11 is 0. The zero-order valence-electron chi connectivity index (χ0n) is 15.1. The molecule has 0 saturated carbocycles. The van der Waals surface area contributed by atoms with E-state index >= 15 is 0 Å². The summed E-state index contributed by atoms with van der Waals surface area (Å²) in [6, 6.07) is 5.56. The monoisotopic (exact) mass is 371 g/mol. The second-order valence-corrected chi connectivity index (χ2v) is 8.28. The van der Waals surface area contributed by atoms with E-state index in [-0.39, 0.29) is 23.9 Å². The molecule has 0 atom stereocenters. The number of likely N-dealkylation sites (N-methyl/N-ethyl adjacent to an activating group) is 1. The molecule has 8 nitrogen and oxygen atoms in total. The summed E-state index contributed by atoms with van der Waals surface area (Å²) in [7, 11) is -0.636. The maximum Gasteiger partial charge on any atom is 0.410 e. The molecule has 0 aliphatic rings. The summed E-state index contributed by atoms with van der Waals surface area (Å²) in [6.07, 6.45) is -0.469. The van der Waals surface area contributed by atoms with Crippen molar-refractivity contribution in [1.29, 1.82) is 0 Å². The average molecular weight is 371 g/mol. The molecule has 1 aromatic rings. The molecule has 140 valence electrons. The van der Waals surface area contributed by atoms with Crippen LogP contribution in [-0.2, 0) is 14.8 Å². The quantitative estimate of drug-likeness (QED) is 0.782. The first-order valence-corrected chi connectivity index (χ1v) is 9.20. The topological polar surface area (TPSA) is 105 Å². The number of hydrogen-bond acceptors (Lipinski definition) is 5. The van der Waals surface area contributed by atoms with E-state index in [2.05, 4.69) is 10.0 Å². The predicted molar refractivity (Wildman–Crippen MR) is 93.9 cm³/mol. The SMILES string of the molecule is CNS(=O)(=O)c1ccc(C(=O)NCCN(C)C(=O)OC(C)(C)C)cc1. The van der Waals surface area contributed by atoms with Crippen LogP contribution in [0.15, 0.2) is 29.2 Å². The molecule has 25 heavy (non-hydrogen) atoms. The highest BCUT2D eigenvalue weighted by atomic mass is 32.2. The highest BCUT2D eigenvalue weighted by molar-refractivity contribution is 7.89. The van der Waals surface area contributed by atoms with E-state index in [1.807, 2.05) is 0 Å². The Labute approximate surface area is 148 Å². The summed E-state index contributed by atoms with van der Waals surface area (Å²) in [4.78, 5) is 25.3. The molecule has 0 aliphatic carbocycles. The van der Waals surface area contributed by atoms with Crippen LogP contribution < -0.4 is 10.0 Å². The van der Waals surface area contributed by atoms with Crippen molar-refractivity contribution in [2.24, 2.45) is 0 Å². The van der Waals surface area contributed by atoms with Crippen molar-refractivity contribution in [2.45, 2.75) is 31.3 Å². The number of carbonyl (C=O) groups is 2. The minimum absolute atomic E-state index is 0.0798. The summed E-state index contributed by atoms with van der Waals surface area (Å²) in [6.45, 7) is 5.85. The lowest BCUT2D eigenvalue weighted by Gasteiger charge is -2.24. The van der Waals surface area contributed by atoms with Gasteiger partial charge in [0.15, 0.2) is 0 Å². The third-order valence-corrected chi connectivity index (χ3v) is 4.56. The zero-order valence-corrected chi connectivity index (χ0v) is 15.9. The number of amides is 2. The Bertz CT molecular complexity index is 708. The van der Waals surface area contributed by atoms with Crippen LogP contribution in [0.3, 0.4) is 0 Å². The molecule has 0 bridgehead atoms. The molecule has 2 amide bonds. The average Bonchev–Trinajstić information content (AvgIpc) is 2.53. The minimum atomic E-state index is -3.53. The van der Waals surface area contributed by atoms with E-state index < -0.39 is 21.7 Å². The first-order chi connectivity index (χ1) is 11.5. The van der Waals surface area contributed by atoms with Crippen molar-refractivity contribution in [3.63, 3.8) is 0 Å². The summed E-state index contributed by atoms with van der Waals surface area (Å²) in [5, 5.41) is 2.67. The van der Waals surface area contributed by atoms with Gasteiger partial charge in [-0.2, -0.15) is 0 Å². The molecule has 0 spiro atoms. The highest BCUT2D eigenvalue weighted by Crippen LogP contribution is 2.10. The van der Waals surface area contributed by atoms with E-state index in [9.17, 15) is 18.0 Å². The second kappa shape index (κ2) is 8.30. The van der Waals surface area contributed by atoms with E-state index in [0.29, 0.717) is 5.56 Å². The van der Waals surface area contributed by atoms with Crippen molar-refractivity contribution in [1.82, 2.24) is 14.9 Å². The second-order valence-electron chi connectivity index (χ2n) is 6.39. The van der Waals surface area contributed by atoms with Gasteiger partial charge >= 0.3 is 6.09 Å². The molecule has 0 fully saturated rings. The molecule has 0 unspecified atom stereocenters. The molecular formula is C16H25N3O5S. The van der Waals surface area contributed by atoms with Crippen molar-refractivity contribution < 1.29 is 22.7 Å². The van der Waals surface area contributed by atoms with Crippen molar-refractivity contribution in [3.05, 3.63) is 29.8 Å². The maximum atomic E-state index is 12.0. The van der Waals surface area contributed by atoms with Crippen molar-refractivity contribution in [2.75, 3.05) is 27.2 Å². The van der Waals surface area contributed by atoms with Crippen LogP contribution in [0.4, 0.5) is 4.79 Å². The van der Waals surface area contributed by atoms with Gasteiger partial charge in [0.05, 0.1) is 4.90 Å². The largest absolute Gasteiger partial charge is 0.444 e. The molecular weight excluding hydrogens is 346 g/mol. The van der Waals surface area contributed by atoms with Gasteiger partial charge in [0, 0.05) is 25.7 Å². The van der Waals surface area contributed by atoms with Crippen LogP contribution >= 0.6 is 0 Å². The van der Waals surface area contributed by atoms with Gasteiger partial charge in [-0.3, -0.25) is 4.79 Å². The standard InChI is InChI=1S/C16H25N3O5S/c1-16(2,3)24-15(21)19(5)11-10-18-14(20)12-6-8-13(9-7-12)25(22,23)17-4/h6-9,17H,10-11H2,1-5H3,(H,18,20). The van der Waals surface area contributed by atoms with E-state index in [1.165, 1.54) is 36.2 Å². The molecule has 1 aromatic carbocycles. The number of sulfonamides is 1. The van der Waals surface area contributed by atoms with E-state index in [0.717, 1.165) is 0 Å². The highest BCUT2D eigenvalue weighted by Gasteiger charge is 2.19. The number of ether oxygens (including phenoxy) is 1. The van der Waals surface area contributed by atoms with Gasteiger partial charge in [-0.1, -0.05) is 0 Å². The zero-order chi connectivity index (χ0) is 19.3. The number of rotatable bonds is 6. The molecule has 0 aliphatic heterocycles. The van der Waals surface area contributed by atoms with Gasteiger partial charge in [0.25, 0.3) is 5.91 Å². The lowest BCUT2D eigenvalue weighted by molar-refractivity contribution is 0.0299. The fourth-order valence-corrected chi connectivity index (χ4v) is 2.50. The fourth-order valence-electron chi connectivity index (χ4n) is 1.77. The Morgan fingerprint density at radius 3 is 2.20 bits per heavy atom. The summed E-state index contributed by atoms with van der Waals surface area (Å²) in [5.74, 6) is -0.356. The van der Waals surface area contributed by atoms with Gasteiger partial charge in [0.2, 0.25) is 10.0 Å². The number of nitrogens with zero attached hydrogens (tertiary/aromatic N) is 1. The van der Waals surface area contributed by atoms with Crippen molar-refractivity contribution in [3.8, 4) is 0 Å². The molecule has 0 heterocycles. The van der Waals surface area contributed by atoms with E-state index in [1.54, 1.807) is 27.8 Å². The molecule has 0 saturated heterocycles. The van der Waals surface area contributed by atoms with Crippen LogP contribution in [0, 0.1) is 0 Å². The lowest BCUT2D eigenvalue weighted by Crippen LogP contribution is -2.39. The molecule has 9 heteroatoms. The fraction of sp³-hybridized carbons (Fsp3) is 0.500. The number of nitrogens with one attached hydrogen (secondary N) is 2. The summed E-state index contributed by atoms with van der Waals surface area (Å²) < 4.78 is 30.7. The molecule has 0 radical (unpaired) electrons. The Morgan fingerprint density at radius 2 is 1.72 bits per heavy atom. The number of benzene rings is 1. The smallest absolute Gasteiger partial charge is 0.410 e. The normalized spacial score (nSPS) is 11.7.